The fourth-order valence-electron chi connectivity index (χ4n) is 6.81. The predicted molar refractivity (Wildman–Crippen MR) is 170 cm³/mol. The van der Waals surface area contributed by atoms with Crippen molar-refractivity contribution in [3.63, 3.8) is 0 Å². The lowest BCUT2D eigenvalue weighted by molar-refractivity contribution is -0.146. The summed E-state index contributed by atoms with van der Waals surface area (Å²) < 4.78 is 46.2. The molecule has 2 heterocycles. The summed E-state index contributed by atoms with van der Waals surface area (Å²) in [5, 5.41) is 18.1. The summed E-state index contributed by atoms with van der Waals surface area (Å²) in [5.41, 5.74) is -2.27. The van der Waals surface area contributed by atoms with Gasteiger partial charge in [0.2, 0.25) is 23.6 Å². The molecule has 1 aliphatic heterocycles. The first-order valence-electron chi connectivity index (χ1n) is 16.7. The van der Waals surface area contributed by atoms with Crippen molar-refractivity contribution in [3.05, 3.63) is 36.0 Å². The zero-order valence-corrected chi connectivity index (χ0v) is 27.6. The highest BCUT2D eigenvalue weighted by molar-refractivity contribution is 5.97. The number of amides is 4. The van der Waals surface area contributed by atoms with Gasteiger partial charge in [0.05, 0.1) is 17.6 Å². The monoisotopic (exact) mass is 689 g/mol. The molecule has 3 aliphatic rings. The molecule has 12 nitrogen and oxygen atoms in total. The number of hydrogen-bond acceptors (Lipinski definition) is 7. The second kappa shape index (κ2) is 14.2. The zero-order valence-electron chi connectivity index (χ0n) is 27.6. The number of carboxylic acids is 1. The Bertz CT molecular complexity index is 1610. The van der Waals surface area contributed by atoms with Crippen LogP contribution in [0.25, 0.3) is 10.9 Å². The van der Waals surface area contributed by atoms with Gasteiger partial charge in [-0.2, -0.15) is 13.2 Å². The number of fused-ring (bicyclic) bond motifs is 1. The van der Waals surface area contributed by atoms with Gasteiger partial charge >= 0.3 is 12.1 Å². The average molecular weight is 690 g/mol. The number of nitrogens with zero attached hydrogens (tertiary/aromatic N) is 2. The summed E-state index contributed by atoms with van der Waals surface area (Å²) in [6.45, 7) is 4.67. The van der Waals surface area contributed by atoms with Crippen LogP contribution in [0.2, 0.25) is 0 Å². The lowest BCUT2D eigenvalue weighted by Gasteiger charge is -2.34. The number of aromatic nitrogens is 1. The molecule has 0 spiro atoms. The topological polar surface area (TPSA) is 167 Å². The van der Waals surface area contributed by atoms with Crippen LogP contribution in [0.3, 0.4) is 0 Å². The van der Waals surface area contributed by atoms with E-state index in [1.54, 1.807) is 13.8 Å². The number of carboxylic acid groups (broad SMARTS) is 1. The molecule has 1 aromatic heterocycles. The average Bonchev–Trinajstić information content (AvgIpc) is 3.71. The largest absolute Gasteiger partial charge is 0.488 e. The summed E-state index contributed by atoms with van der Waals surface area (Å²) in [5.74, 6) is -3.70. The van der Waals surface area contributed by atoms with Crippen LogP contribution in [0, 0.1) is 11.8 Å². The van der Waals surface area contributed by atoms with Gasteiger partial charge < -0.3 is 30.7 Å². The number of aliphatic carboxylic acids is 1. The van der Waals surface area contributed by atoms with Crippen LogP contribution in [0.1, 0.15) is 77.7 Å². The predicted octanol–water partition coefficient (Wildman–Crippen LogP) is 3.56. The number of carbonyl (C=O) groups is 5. The minimum atomic E-state index is -4.57. The van der Waals surface area contributed by atoms with Crippen molar-refractivity contribution in [2.75, 3.05) is 6.54 Å². The highest BCUT2D eigenvalue weighted by Gasteiger charge is 2.54. The van der Waals surface area contributed by atoms with Gasteiger partial charge in [-0.3, -0.25) is 24.2 Å². The molecule has 2 saturated carbocycles. The number of nitrogens with one attached hydrogen (secondary N) is 3. The van der Waals surface area contributed by atoms with Crippen LogP contribution < -0.4 is 20.7 Å². The summed E-state index contributed by atoms with van der Waals surface area (Å²) in [4.78, 5) is 70.8. The molecular weight excluding hydrogens is 647 g/mol. The number of likely N-dealkylation sites (tertiary alicyclic amines) is 1. The quantitative estimate of drug-likeness (QED) is 0.278. The van der Waals surface area contributed by atoms with E-state index < -0.39 is 71.1 Å². The standard InChI is InChI=1S/C34H42F3N5O7/c1-18(2)27(40-30(45)28(39-19(3)43)20-7-5-4-6-8-20)31(46)42-17-22(16-25(42)29(44)41-33(12-13-33)32(47)48)49-26-11-14-38-24-15-21(34(35,36)37)9-10-23(24)26/h9-11,14-15,18,20,22,25,27-28H,4-8,12-13,16-17H2,1-3H3,(H,39,43)(H,40,45)(H,41,44)(H,47,48)/t22-,25+,27+,28+/m1/s1. The molecule has 0 unspecified atom stereocenters. The number of hydrogen-bond donors (Lipinski definition) is 4. The third kappa shape index (κ3) is 8.07. The Morgan fingerprint density at radius 3 is 2.33 bits per heavy atom. The van der Waals surface area contributed by atoms with E-state index >= 15 is 0 Å². The van der Waals surface area contributed by atoms with E-state index in [0.29, 0.717) is 5.39 Å². The normalized spacial score (nSPS) is 21.9. The fourth-order valence-corrected chi connectivity index (χ4v) is 6.81. The van der Waals surface area contributed by atoms with Crippen LogP contribution in [-0.4, -0.2) is 80.9 Å². The smallest absolute Gasteiger partial charge is 0.416 e. The van der Waals surface area contributed by atoms with Crippen molar-refractivity contribution in [1.82, 2.24) is 25.8 Å². The van der Waals surface area contributed by atoms with Crippen molar-refractivity contribution in [2.24, 2.45) is 11.8 Å². The summed E-state index contributed by atoms with van der Waals surface area (Å²) in [7, 11) is 0. The Labute approximate surface area is 281 Å². The summed E-state index contributed by atoms with van der Waals surface area (Å²) in [6, 6.07) is 1.43. The number of pyridine rings is 1. The lowest BCUT2D eigenvalue weighted by Crippen LogP contribution is -2.60. The van der Waals surface area contributed by atoms with E-state index in [2.05, 4.69) is 20.9 Å². The number of carbonyl (C=O) groups excluding carboxylic acids is 4. The molecule has 15 heteroatoms. The van der Waals surface area contributed by atoms with Gasteiger partial charge in [-0.05, 0) is 61.8 Å². The maximum absolute atomic E-state index is 14.3. The molecule has 1 aromatic carbocycles. The van der Waals surface area contributed by atoms with E-state index in [1.807, 2.05) is 0 Å². The van der Waals surface area contributed by atoms with Crippen LogP contribution in [0.4, 0.5) is 13.2 Å². The minimum Gasteiger partial charge on any atom is -0.488 e. The van der Waals surface area contributed by atoms with Crippen molar-refractivity contribution in [2.45, 2.75) is 108 Å². The summed E-state index contributed by atoms with van der Waals surface area (Å²) in [6.07, 6.45) is 0.687. The molecule has 2 aliphatic carbocycles. The van der Waals surface area contributed by atoms with Crippen molar-refractivity contribution in [3.8, 4) is 5.75 Å². The van der Waals surface area contributed by atoms with E-state index in [-0.39, 0.29) is 48.9 Å². The lowest BCUT2D eigenvalue weighted by atomic mass is 9.83. The molecule has 2 aromatic rings. The number of benzene rings is 1. The zero-order chi connectivity index (χ0) is 35.7. The van der Waals surface area contributed by atoms with Crippen LogP contribution in [0.5, 0.6) is 5.75 Å². The van der Waals surface area contributed by atoms with Gasteiger partial charge in [0.15, 0.2) is 0 Å². The highest BCUT2D eigenvalue weighted by Crippen LogP contribution is 2.37. The Balaban J connectivity index is 1.40. The fraction of sp³-hybridized carbons (Fsp3) is 0.588. The Kier molecular flexibility index (Phi) is 10.4. The van der Waals surface area contributed by atoms with Crippen molar-refractivity contribution >= 4 is 40.5 Å². The van der Waals surface area contributed by atoms with Gasteiger partial charge in [0, 0.05) is 24.9 Å². The number of ether oxygens (including phenoxy) is 1. The number of halogens is 3. The molecule has 5 rings (SSSR count). The molecule has 1 saturated heterocycles. The van der Waals surface area contributed by atoms with Crippen LogP contribution in [-0.2, 0) is 30.1 Å². The molecule has 4 N–H and O–H groups in total. The number of alkyl halides is 3. The Hall–Kier alpha value is -4.43. The van der Waals surface area contributed by atoms with E-state index in [0.717, 1.165) is 44.2 Å². The second-order valence-electron chi connectivity index (χ2n) is 13.7. The molecule has 4 atom stereocenters. The van der Waals surface area contributed by atoms with Crippen molar-refractivity contribution < 1.29 is 47.0 Å². The third-order valence-electron chi connectivity index (χ3n) is 9.69. The highest BCUT2D eigenvalue weighted by atomic mass is 19.4. The summed E-state index contributed by atoms with van der Waals surface area (Å²) >= 11 is 0. The van der Waals surface area contributed by atoms with E-state index in [4.69, 9.17) is 4.74 Å². The molecular formula is C34H42F3N5O7. The molecule has 0 radical (unpaired) electrons. The van der Waals surface area contributed by atoms with E-state index in [9.17, 15) is 42.3 Å². The minimum absolute atomic E-state index is 0.0407. The van der Waals surface area contributed by atoms with Gasteiger partial charge in [0.1, 0.15) is 35.5 Å². The van der Waals surface area contributed by atoms with Gasteiger partial charge in [-0.15, -0.1) is 0 Å². The Morgan fingerprint density at radius 1 is 1.04 bits per heavy atom. The maximum Gasteiger partial charge on any atom is 0.416 e. The van der Waals surface area contributed by atoms with Gasteiger partial charge in [0.25, 0.3) is 0 Å². The molecule has 3 fully saturated rings. The first-order chi connectivity index (χ1) is 23.1. The Morgan fingerprint density at radius 2 is 1.73 bits per heavy atom. The van der Waals surface area contributed by atoms with Gasteiger partial charge in [-0.25, -0.2) is 4.79 Å². The maximum atomic E-state index is 14.3. The first kappa shape index (κ1) is 35.9. The third-order valence-corrected chi connectivity index (χ3v) is 9.69. The number of rotatable bonds is 11. The molecule has 4 amide bonds. The molecule has 266 valence electrons. The van der Waals surface area contributed by atoms with Crippen LogP contribution >= 0.6 is 0 Å². The van der Waals surface area contributed by atoms with E-state index in [1.165, 1.54) is 30.2 Å². The van der Waals surface area contributed by atoms with Crippen LogP contribution in [0.15, 0.2) is 30.5 Å². The second-order valence-corrected chi connectivity index (χ2v) is 13.7. The van der Waals surface area contributed by atoms with Crippen molar-refractivity contribution in [1.29, 1.82) is 0 Å². The first-order valence-corrected chi connectivity index (χ1v) is 16.7. The van der Waals surface area contributed by atoms with Gasteiger partial charge in [-0.1, -0.05) is 33.1 Å². The molecule has 0 bridgehead atoms. The molecule has 49 heavy (non-hydrogen) atoms. The SMILES string of the molecule is CC(=O)N[C@H](C(=O)N[C@H](C(=O)N1C[C@H](Oc2ccnc3cc(C(F)(F)F)ccc23)C[C@H]1C(=O)NC1(C(=O)O)CC1)C(C)C)C1CCCCC1.